The quantitative estimate of drug-likeness (QED) is 0.181. The summed E-state index contributed by atoms with van der Waals surface area (Å²) in [4.78, 5) is 15.5. The smallest absolute Gasteiger partial charge is 0.164 e. The first-order valence-corrected chi connectivity index (χ1v) is 19.7. The molecule has 1 heterocycles. The number of rotatable bonds is 4. The van der Waals surface area contributed by atoms with Gasteiger partial charge in [0, 0.05) is 16.7 Å². The minimum absolute atomic E-state index is 0.622. The second-order valence-electron chi connectivity index (χ2n) is 14.8. The molecule has 11 aromatic rings. The number of aromatic nitrogens is 3. The molecule has 10 aromatic carbocycles. The second-order valence-corrected chi connectivity index (χ2v) is 14.8. The zero-order valence-electron chi connectivity index (χ0n) is 31.5. The van der Waals surface area contributed by atoms with Gasteiger partial charge in [0.1, 0.15) is 0 Å². The fourth-order valence-electron chi connectivity index (χ4n) is 8.48. The van der Waals surface area contributed by atoms with Gasteiger partial charge >= 0.3 is 0 Å². The van der Waals surface area contributed by atoms with E-state index in [1.165, 1.54) is 54.0 Å². The van der Waals surface area contributed by atoms with Gasteiger partial charge in [0.2, 0.25) is 0 Å². The Bertz CT molecular complexity index is 3430. The van der Waals surface area contributed by atoms with Crippen molar-refractivity contribution in [1.29, 1.82) is 0 Å². The summed E-state index contributed by atoms with van der Waals surface area (Å²) in [6.45, 7) is 0. The molecule has 0 unspecified atom stereocenters. The topological polar surface area (TPSA) is 38.7 Å². The van der Waals surface area contributed by atoms with Crippen LogP contribution in [0.3, 0.4) is 0 Å². The maximum atomic E-state index is 5.22. The van der Waals surface area contributed by atoms with E-state index in [2.05, 4.69) is 188 Å². The Morgan fingerprint density at radius 3 is 0.983 bits per heavy atom. The maximum Gasteiger partial charge on any atom is 0.164 e. The van der Waals surface area contributed by atoms with Crippen LogP contribution >= 0.6 is 0 Å². The third kappa shape index (κ3) is 5.89. The molecule has 0 saturated heterocycles. The van der Waals surface area contributed by atoms with Gasteiger partial charge in [-0.25, -0.2) is 15.0 Å². The van der Waals surface area contributed by atoms with E-state index in [4.69, 9.17) is 15.0 Å². The van der Waals surface area contributed by atoms with Crippen LogP contribution < -0.4 is 0 Å². The Labute approximate surface area is 335 Å². The molecule has 0 aliphatic carbocycles. The highest BCUT2D eigenvalue weighted by Crippen LogP contribution is 2.39. The normalized spacial score (nSPS) is 11.4. The fourth-order valence-corrected chi connectivity index (χ4v) is 8.48. The van der Waals surface area contributed by atoms with Crippen molar-refractivity contribution in [3.05, 3.63) is 212 Å². The van der Waals surface area contributed by atoms with Crippen molar-refractivity contribution in [3.8, 4) is 45.3 Å². The third-order valence-electron chi connectivity index (χ3n) is 11.3. The van der Waals surface area contributed by atoms with Crippen molar-refractivity contribution >= 4 is 64.6 Å². The number of hydrogen-bond acceptors (Lipinski definition) is 3. The highest BCUT2D eigenvalue weighted by atomic mass is 15.0. The predicted octanol–water partition coefficient (Wildman–Crippen LogP) is 14.6. The van der Waals surface area contributed by atoms with E-state index < -0.39 is 0 Å². The first kappa shape index (κ1) is 33.6. The summed E-state index contributed by atoms with van der Waals surface area (Å²) < 4.78 is 0. The molecular formula is C55H35N3. The van der Waals surface area contributed by atoms with Gasteiger partial charge < -0.3 is 0 Å². The van der Waals surface area contributed by atoms with Crippen molar-refractivity contribution in [2.75, 3.05) is 0 Å². The Kier molecular flexibility index (Phi) is 8.15. The molecule has 0 atom stereocenters. The van der Waals surface area contributed by atoms with E-state index in [0.717, 1.165) is 38.4 Å². The fraction of sp³-hybridized carbons (Fsp3) is 0. The summed E-state index contributed by atoms with van der Waals surface area (Å²) in [5.74, 6) is 1.89. The first-order chi connectivity index (χ1) is 28.7. The number of hydrogen-bond donors (Lipinski definition) is 0. The second kappa shape index (κ2) is 14.1. The zero-order chi connectivity index (χ0) is 38.4. The zero-order valence-corrected chi connectivity index (χ0v) is 31.5. The molecule has 11 rings (SSSR count). The van der Waals surface area contributed by atoms with Crippen LogP contribution in [0.4, 0.5) is 0 Å². The van der Waals surface area contributed by atoms with Crippen molar-refractivity contribution in [3.63, 3.8) is 0 Å². The molecule has 3 nitrogen and oxygen atoms in total. The standard InChI is InChI=1S/C55H35N3/c1-3-15-36(16-4-1)37-27-29-39(30-28-37)54-56-53(38-17-5-2-6-18-38)57-55(58-54)42-31-32-49-47-25-12-11-23-45(47)43-21-9-10-22-44(43)46-24-13-14-26-48(46)50-33-40-19-7-8-20-41(40)34-52(50)51(49)35-42/h1-35H. The largest absolute Gasteiger partial charge is 0.208 e. The van der Waals surface area contributed by atoms with Gasteiger partial charge in [0.15, 0.2) is 17.5 Å². The van der Waals surface area contributed by atoms with Crippen LogP contribution in [0.5, 0.6) is 0 Å². The van der Waals surface area contributed by atoms with Gasteiger partial charge in [-0.3, -0.25) is 0 Å². The minimum Gasteiger partial charge on any atom is -0.208 e. The Balaban J connectivity index is 1.25. The number of nitrogens with zero attached hydrogens (tertiary/aromatic N) is 3. The first-order valence-electron chi connectivity index (χ1n) is 19.7. The van der Waals surface area contributed by atoms with Gasteiger partial charge in [-0.05, 0) is 94.0 Å². The number of fused-ring (bicyclic) bond motifs is 11. The Hall–Kier alpha value is -7.75. The molecule has 0 aliphatic rings. The molecule has 0 fully saturated rings. The lowest BCUT2D eigenvalue weighted by molar-refractivity contribution is 1.07. The molecule has 0 amide bonds. The van der Waals surface area contributed by atoms with E-state index in [9.17, 15) is 0 Å². The highest BCUT2D eigenvalue weighted by Gasteiger charge is 2.15. The summed E-state index contributed by atoms with van der Waals surface area (Å²) in [5.41, 5.74) is 5.10. The van der Waals surface area contributed by atoms with E-state index in [1.54, 1.807) is 0 Å². The molecule has 3 heteroatoms. The molecule has 0 bridgehead atoms. The molecular weight excluding hydrogens is 703 g/mol. The SMILES string of the molecule is c1ccc(-c2ccc(-c3nc(-c4ccccc4)nc(-c4ccc5c6ccccc6c6ccccc6c6ccccc6c6cc7ccccc7cc6c5c4)n3)cc2)cc1. The van der Waals surface area contributed by atoms with E-state index >= 15 is 0 Å². The van der Waals surface area contributed by atoms with E-state index in [-0.39, 0.29) is 0 Å². The summed E-state index contributed by atoms with van der Waals surface area (Å²) >= 11 is 0. The van der Waals surface area contributed by atoms with Crippen LogP contribution in [0.2, 0.25) is 0 Å². The summed E-state index contributed by atoms with van der Waals surface area (Å²) in [6, 6.07) is 75.7. The Morgan fingerprint density at radius 1 is 0.190 bits per heavy atom. The molecule has 58 heavy (non-hydrogen) atoms. The molecule has 0 radical (unpaired) electrons. The monoisotopic (exact) mass is 737 g/mol. The lowest BCUT2D eigenvalue weighted by Crippen LogP contribution is -2.00. The average Bonchev–Trinajstić information content (AvgIpc) is 3.31. The molecule has 1 aromatic heterocycles. The molecule has 0 saturated carbocycles. The van der Waals surface area contributed by atoms with E-state index in [1.807, 2.05) is 24.3 Å². The molecule has 0 N–H and O–H groups in total. The van der Waals surface area contributed by atoms with Crippen LogP contribution in [0, 0.1) is 0 Å². The number of benzene rings is 9. The van der Waals surface area contributed by atoms with Crippen LogP contribution in [0.1, 0.15) is 0 Å². The molecule has 0 aliphatic heterocycles. The van der Waals surface area contributed by atoms with Gasteiger partial charge in [-0.2, -0.15) is 0 Å². The third-order valence-corrected chi connectivity index (χ3v) is 11.3. The van der Waals surface area contributed by atoms with E-state index in [0.29, 0.717) is 17.5 Å². The van der Waals surface area contributed by atoms with Crippen molar-refractivity contribution in [1.82, 2.24) is 15.0 Å². The van der Waals surface area contributed by atoms with Gasteiger partial charge in [-0.1, -0.05) is 194 Å². The van der Waals surface area contributed by atoms with Crippen LogP contribution in [0.15, 0.2) is 212 Å². The lowest BCUT2D eigenvalue weighted by atomic mass is 9.92. The van der Waals surface area contributed by atoms with Gasteiger partial charge in [0.25, 0.3) is 0 Å². The molecule has 0 spiro atoms. The summed E-state index contributed by atoms with van der Waals surface area (Å²) in [5, 5.41) is 14.2. The van der Waals surface area contributed by atoms with Crippen molar-refractivity contribution in [2.45, 2.75) is 0 Å². The van der Waals surface area contributed by atoms with Crippen LogP contribution in [-0.4, -0.2) is 15.0 Å². The van der Waals surface area contributed by atoms with Gasteiger partial charge in [-0.15, -0.1) is 0 Å². The minimum atomic E-state index is 0.622. The summed E-state index contributed by atoms with van der Waals surface area (Å²) in [6.07, 6.45) is 0. The lowest BCUT2D eigenvalue weighted by Gasteiger charge is -2.12. The van der Waals surface area contributed by atoms with Crippen molar-refractivity contribution < 1.29 is 0 Å². The predicted molar refractivity (Wildman–Crippen MR) is 244 cm³/mol. The van der Waals surface area contributed by atoms with Gasteiger partial charge in [0.05, 0.1) is 0 Å². The average molecular weight is 738 g/mol. The molecule has 270 valence electrons. The van der Waals surface area contributed by atoms with Crippen LogP contribution in [0.25, 0.3) is 110 Å². The highest BCUT2D eigenvalue weighted by molar-refractivity contribution is 6.27. The van der Waals surface area contributed by atoms with Crippen molar-refractivity contribution in [2.24, 2.45) is 0 Å². The summed E-state index contributed by atoms with van der Waals surface area (Å²) in [7, 11) is 0. The maximum absolute atomic E-state index is 5.22. The Morgan fingerprint density at radius 2 is 0.483 bits per heavy atom. The van der Waals surface area contributed by atoms with Crippen LogP contribution in [-0.2, 0) is 0 Å².